The molecule has 2 aromatic rings. The van der Waals surface area contributed by atoms with E-state index in [1.54, 1.807) is 23.9 Å². The Kier molecular flexibility index (Phi) is 6.52. The maximum Gasteiger partial charge on any atom is 0.254 e. The van der Waals surface area contributed by atoms with Crippen molar-refractivity contribution in [1.82, 2.24) is 20.4 Å². The molecule has 25 heavy (non-hydrogen) atoms. The number of carbonyl (C=O) groups excluding carboxylic acids is 1. The van der Waals surface area contributed by atoms with Gasteiger partial charge in [-0.25, -0.2) is 9.07 Å². The number of methoxy groups -OCH3 is 1. The predicted octanol–water partition coefficient (Wildman–Crippen LogP) is 2.21. The maximum atomic E-state index is 13.5. The zero-order valence-electron chi connectivity index (χ0n) is 15.1. The smallest absolute Gasteiger partial charge is 0.254 e. The van der Waals surface area contributed by atoms with E-state index in [2.05, 4.69) is 29.6 Å². The molecule has 1 aromatic heterocycles. The molecular formula is C18H25FN4O2. The summed E-state index contributed by atoms with van der Waals surface area (Å²) in [6.07, 6.45) is 0. The number of halogens is 1. The molecule has 0 atom stereocenters. The standard InChI is InChI=1S/C18H25FN4O2/c1-12(2)16-14(18(25-4)23(3)22-16)11-20-9-10-21-17(24)13-7-5-6-8-15(13)19/h5-8,12,20H,9-11H2,1-4H3,(H,21,24). The number of ether oxygens (including phenoxy) is 1. The number of aromatic nitrogens is 2. The number of amides is 1. The Morgan fingerprint density at radius 2 is 2.04 bits per heavy atom. The van der Waals surface area contributed by atoms with E-state index in [9.17, 15) is 9.18 Å². The fourth-order valence-electron chi connectivity index (χ4n) is 2.68. The van der Waals surface area contributed by atoms with Crippen molar-refractivity contribution < 1.29 is 13.9 Å². The molecule has 2 N–H and O–H groups in total. The second kappa shape index (κ2) is 8.62. The highest BCUT2D eigenvalue weighted by Crippen LogP contribution is 2.26. The quantitative estimate of drug-likeness (QED) is 0.718. The maximum absolute atomic E-state index is 13.5. The van der Waals surface area contributed by atoms with Crippen LogP contribution < -0.4 is 15.4 Å². The Balaban J connectivity index is 1.86. The molecule has 1 amide bonds. The number of nitrogens with one attached hydrogen (secondary N) is 2. The van der Waals surface area contributed by atoms with Gasteiger partial charge in [0, 0.05) is 26.7 Å². The second-order valence-corrected chi connectivity index (χ2v) is 6.06. The number of hydrogen-bond donors (Lipinski definition) is 2. The summed E-state index contributed by atoms with van der Waals surface area (Å²) >= 11 is 0. The molecule has 6 nitrogen and oxygen atoms in total. The van der Waals surface area contributed by atoms with Crippen molar-refractivity contribution in [2.45, 2.75) is 26.3 Å². The van der Waals surface area contributed by atoms with Gasteiger partial charge < -0.3 is 15.4 Å². The molecular weight excluding hydrogens is 323 g/mol. The van der Waals surface area contributed by atoms with Crippen LogP contribution in [0.25, 0.3) is 0 Å². The number of hydrogen-bond acceptors (Lipinski definition) is 4. The van der Waals surface area contributed by atoms with Crippen LogP contribution in [0.1, 0.15) is 41.4 Å². The van der Waals surface area contributed by atoms with Gasteiger partial charge in [-0.1, -0.05) is 26.0 Å². The Labute approximate surface area is 147 Å². The summed E-state index contributed by atoms with van der Waals surface area (Å²) in [5.41, 5.74) is 2.06. The Morgan fingerprint density at radius 3 is 2.68 bits per heavy atom. The first-order valence-corrected chi connectivity index (χ1v) is 8.28. The summed E-state index contributed by atoms with van der Waals surface area (Å²) in [6.45, 7) is 5.70. The summed E-state index contributed by atoms with van der Waals surface area (Å²) in [6, 6.07) is 5.93. The topological polar surface area (TPSA) is 68.2 Å². The fraction of sp³-hybridized carbons (Fsp3) is 0.444. The molecule has 1 aromatic carbocycles. The van der Waals surface area contributed by atoms with Gasteiger partial charge in [0.1, 0.15) is 5.82 Å². The molecule has 2 rings (SSSR count). The van der Waals surface area contributed by atoms with Crippen molar-refractivity contribution in [2.24, 2.45) is 7.05 Å². The van der Waals surface area contributed by atoms with E-state index >= 15 is 0 Å². The molecule has 0 spiro atoms. The first kappa shape index (κ1) is 18.9. The van der Waals surface area contributed by atoms with Crippen LogP contribution in [-0.4, -0.2) is 35.9 Å². The van der Waals surface area contributed by atoms with Gasteiger partial charge in [-0.05, 0) is 18.1 Å². The minimum Gasteiger partial charge on any atom is -0.481 e. The van der Waals surface area contributed by atoms with Crippen molar-refractivity contribution in [2.75, 3.05) is 20.2 Å². The second-order valence-electron chi connectivity index (χ2n) is 6.06. The minimum atomic E-state index is -0.519. The van der Waals surface area contributed by atoms with Crippen LogP contribution in [0.3, 0.4) is 0 Å². The molecule has 136 valence electrons. The number of rotatable bonds is 8. The van der Waals surface area contributed by atoms with Gasteiger partial charge in [-0.3, -0.25) is 4.79 Å². The molecule has 0 saturated carbocycles. The third kappa shape index (κ3) is 4.57. The molecule has 0 aliphatic rings. The lowest BCUT2D eigenvalue weighted by Crippen LogP contribution is -2.32. The van der Waals surface area contributed by atoms with Crippen molar-refractivity contribution >= 4 is 5.91 Å². The van der Waals surface area contributed by atoms with Crippen LogP contribution in [0, 0.1) is 5.82 Å². The molecule has 0 aliphatic heterocycles. The Bertz CT molecular complexity index is 728. The zero-order valence-corrected chi connectivity index (χ0v) is 15.1. The molecule has 0 aliphatic carbocycles. The summed E-state index contributed by atoms with van der Waals surface area (Å²) in [4.78, 5) is 11.9. The van der Waals surface area contributed by atoms with Gasteiger partial charge in [0.15, 0.2) is 0 Å². The number of carbonyl (C=O) groups is 1. The van der Waals surface area contributed by atoms with Gasteiger partial charge in [-0.15, -0.1) is 0 Å². The van der Waals surface area contributed by atoms with E-state index in [0.29, 0.717) is 19.6 Å². The molecule has 0 radical (unpaired) electrons. The van der Waals surface area contributed by atoms with Crippen molar-refractivity contribution in [3.63, 3.8) is 0 Å². The third-order valence-corrected chi connectivity index (χ3v) is 3.87. The molecule has 1 heterocycles. The number of nitrogens with zero attached hydrogens (tertiary/aromatic N) is 2. The average molecular weight is 348 g/mol. The third-order valence-electron chi connectivity index (χ3n) is 3.87. The first-order chi connectivity index (χ1) is 12.0. The number of aryl methyl sites for hydroxylation is 1. The minimum absolute atomic E-state index is 0.0542. The highest BCUT2D eigenvalue weighted by Gasteiger charge is 2.18. The number of benzene rings is 1. The average Bonchev–Trinajstić information content (AvgIpc) is 2.90. The van der Waals surface area contributed by atoms with Gasteiger partial charge >= 0.3 is 0 Å². The summed E-state index contributed by atoms with van der Waals surface area (Å²) < 4.78 is 20.7. The van der Waals surface area contributed by atoms with Crippen molar-refractivity contribution in [1.29, 1.82) is 0 Å². The van der Waals surface area contributed by atoms with Crippen LogP contribution in [-0.2, 0) is 13.6 Å². The van der Waals surface area contributed by atoms with Crippen molar-refractivity contribution in [3.05, 3.63) is 46.9 Å². The summed E-state index contributed by atoms with van der Waals surface area (Å²) in [5, 5.41) is 10.5. The largest absolute Gasteiger partial charge is 0.481 e. The molecule has 0 fully saturated rings. The van der Waals surface area contributed by atoms with Gasteiger partial charge in [-0.2, -0.15) is 5.10 Å². The zero-order chi connectivity index (χ0) is 18.4. The van der Waals surface area contributed by atoms with E-state index < -0.39 is 11.7 Å². The molecule has 0 saturated heterocycles. The highest BCUT2D eigenvalue weighted by atomic mass is 19.1. The monoisotopic (exact) mass is 348 g/mol. The van der Waals surface area contributed by atoms with Crippen molar-refractivity contribution in [3.8, 4) is 5.88 Å². The van der Waals surface area contributed by atoms with E-state index in [4.69, 9.17) is 4.74 Å². The fourth-order valence-corrected chi connectivity index (χ4v) is 2.68. The highest BCUT2D eigenvalue weighted by molar-refractivity contribution is 5.94. The van der Waals surface area contributed by atoms with Gasteiger partial charge in [0.05, 0.1) is 23.9 Å². The van der Waals surface area contributed by atoms with Crippen LogP contribution in [0.5, 0.6) is 5.88 Å². The van der Waals surface area contributed by atoms with E-state index in [-0.39, 0.29) is 11.5 Å². The van der Waals surface area contributed by atoms with E-state index in [0.717, 1.165) is 17.1 Å². The molecule has 0 bridgehead atoms. The van der Waals surface area contributed by atoms with E-state index in [1.165, 1.54) is 12.1 Å². The van der Waals surface area contributed by atoms with Gasteiger partial charge in [0.2, 0.25) is 5.88 Å². The Morgan fingerprint density at radius 1 is 1.32 bits per heavy atom. The lowest BCUT2D eigenvalue weighted by Gasteiger charge is -2.10. The summed E-state index contributed by atoms with van der Waals surface area (Å²) in [7, 11) is 3.47. The SMILES string of the molecule is COc1c(CNCCNC(=O)c2ccccc2F)c(C(C)C)nn1C. The van der Waals surface area contributed by atoms with Crippen LogP contribution in [0.4, 0.5) is 4.39 Å². The van der Waals surface area contributed by atoms with Crippen LogP contribution in [0.15, 0.2) is 24.3 Å². The van der Waals surface area contributed by atoms with Gasteiger partial charge in [0.25, 0.3) is 5.91 Å². The molecule has 0 unspecified atom stereocenters. The predicted molar refractivity (Wildman–Crippen MR) is 94.3 cm³/mol. The summed E-state index contributed by atoms with van der Waals surface area (Å²) in [5.74, 6) is 0.0793. The first-order valence-electron chi connectivity index (χ1n) is 8.28. The molecule has 7 heteroatoms. The van der Waals surface area contributed by atoms with E-state index in [1.807, 2.05) is 7.05 Å². The van der Waals surface area contributed by atoms with Crippen LogP contribution >= 0.6 is 0 Å². The lowest BCUT2D eigenvalue weighted by molar-refractivity contribution is 0.0950. The normalized spacial score (nSPS) is 11.0. The lowest BCUT2D eigenvalue weighted by atomic mass is 10.1. The Hall–Kier alpha value is -2.41. The van der Waals surface area contributed by atoms with Crippen LogP contribution in [0.2, 0.25) is 0 Å².